The highest BCUT2D eigenvalue weighted by Gasteiger charge is 2.33. The molecule has 2 heterocycles. The van der Waals surface area contributed by atoms with E-state index in [0.29, 0.717) is 19.4 Å². The molecule has 0 bridgehead atoms. The van der Waals surface area contributed by atoms with Crippen molar-refractivity contribution >= 4 is 24.9 Å². The SMILES string of the molecule is CC(C)c1cc(-c2ccccc2)c(-c2ccc(F)cc2)n1CC[C@@H]1C[C@H](CC(=O)OC(C)(C)C)OP(Cl)O1. The maximum absolute atomic E-state index is 13.8. The molecule has 4 rings (SSSR count). The number of esters is 1. The van der Waals surface area contributed by atoms with Gasteiger partial charge < -0.3 is 18.4 Å². The molecule has 1 fully saturated rings. The van der Waals surface area contributed by atoms with Gasteiger partial charge in [0.15, 0.2) is 0 Å². The first kappa shape index (κ1) is 28.8. The second-order valence-corrected chi connectivity index (χ2v) is 12.7. The van der Waals surface area contributed by atoms with Gasteiger partial charge in [0.25, 0.3) is 7.73 Å². The van der Waals surface area contributed by atoms with Crippen LogP contribution >= 0.6 is 19.0 Å². The fraction of sp³-hybridized carbons (Fsp3) is 0.433. The summed E-state index contributed by atoms with van der Waals surface area (Å²) in [5.41, 5.74) is 4.85. The molecule has 0 spiro atoms. The zero-order valence-corrected chi connectivity index (χ0v) is 24.3. The molecular formula is C30H36ClFNO4P. The van der Waals surface area contributed by atoms with E-state index in [1.165, 1.54) is 17.8 Å². The van der Waals surface area contributed by atoms with Crippen LogP contribution in [0.4, 0.5) is 4.39 Å². The van der Waals surface area contributed by atoms with Crippen molar-refractivity contribution in [2.45, 2.75) is 84.2 Å². The van der Waals surface area contributed by atoms with E-state index in [1.807, 2.05) is 51.1 Å². The fourth-order valence-electron chi connectivity index (χ4n) is 4.82. The van der Waals surface area contributed by atoms with Crippen LogP contribution in [-0.2, 0) is 25.1 Å². The van der Waals surface area contributed by atoms with Crippen LogP contribution in [0, 0.1) is 5.82 Å². The van der Waals surface area contributed by atoms with Gasteiger partial charge >= 0.3 is 5.97 Å². The summed E-state index contributed by atoms with van der Waals surface area (Å²) in [7, 11) is -1.61. The van der Waals surface area contributed by atoms with Gasteiger partial charge in [-0.1, -0.05) is 44.2 Å². The van der Waals surface area contributed by atoms with Crippen molar-refractivity contribution in [2.75, 3.05) is 0 Å². The monoisotopic (exact) mass is 559 g/mol. The summed E-state index contributed by atoms with van der Waals surface area (Å²) in [6, 6.07) is 19.2. The van der Waals surface area contributed by atoms with E-state index in [4.69, 9.17) is 25.0 Å². The summed E-state index contributed by atoms with van der Waals surface area (Å²) in [4.78, 5) is 12.4. The van der Waals surface area contributed by atoms with E-state index in [-0.39, 0.29) is 36.3 Å². The molecule has 5 nitrogen and oxygen atoms in total. The van der Waals surface area contributed by atoms with Gasteiger partial charge in [-0.2, -0.15) is 0 Å². The van der Waals surface area contributed by atoms with Crippen LogP contribution in [0.25, 0.3) is 22.4 Å². The lowest BCUT2D eigenvalue weighted by Gasteiger charge is -2.32. The number of hydrogen-bond acceptors (Lipinski definition) is 4. The minimum atomic E-state index is -1.61. The summed E-state index contributed by atoms with van der Waals surface area (Å²) in [5.74, 6) is -0.298. The molecule has 0 N–H and O–H groups in total. The van der Waals surface area contributed by atoms with Crippen molar-refractivity contribution in [3.05, 3.63) is 72.2 Å². The molecule has 0 radical (unpaired) electrons. The number of nitrogens with zero attached hydrogens (tertiary/aromatic N) is 1. The van der Waals surface area contributed by atoms with Crippen LogP contribution in [0.1, 0.15) is 65.5 Å². The van der Waals surface area contributed by atoms with Gasteiger partial charge in [-0.25, -0.2) is 4.39 Å². The third-order valence-corrected chi connectivity index (χ3v) is 7.81. The maximum Gasteiger partial charge on any atom is 0.308 e. The molecule has 3 aromatic rings. The Morgan fingerprint density at radius 3 is 2.37 bits per heavy atom. The van der Waals surface area contributed by atoms with Gasteiger partial charge in [-0.3, -0.25) is 4.79 Å². The molecule has 204 valence electrons. The Hall–Kier alpha value is -2.24. The molecule has 0 amide bonds. The third kappa shape index (κ3) is 7.45. The molecule has 1 unspecified atom stereocenters. The lowest BCUT2D eigenvalue weighted by atomic mass is 10.0. The first-order valence-corrected chi connectivity index (χ1v) is 15.1. The van der Waals surface area contributed by atoms with Crippen LogP contribution in [0.3, 0.4) is 0 Å². The molecule has 1 aliphatic rings. The van der Waals surface area contributed by atoms with Crippen molar-refractivity contribution in [2.24, 2.45) is 0 Å². The van der Waals surface area contributed by atoms with E-state index in [1.54, 1.807) is 0 Å². The number of carbonyl (C=O) groups is 1. The van der Waals surface area contributed by atoms with Crippen molar-refractivity contribution in [1.29, 1.82) is 0 Å². The van der Waals surface area contributed by atoms with Crippen LogP contribution in [-0.4, -0.2) is 28.3 Å². The summed E-state index contributed by atoms with van der Waals surface area (Å²) in [6.45, 7) is 10.6. The summed E-state index contributed by atoms with van der Waals surface area (Å²) < 4.78 is 33.3. The van der Waals surface area contributed by atoms with Crippen LogP contribution in [0.2, 0.25) is 0 Å². The van der Waals surface area contributed by atoms with Gasteiger partial charge in [0.1, 0.15) is 11.4 Å². The maximum atomic E-state index is 13.8. The molecule has 0 saturated carbocycles. The van der Waals surface area contributed by atoms with Crippen molar-refractivity contribution in [3.8, 4) is 22.4 Å². The molecule has 3 atom stereocenters. The van der Waals surface area contributed by atoms with E-state index in [9.17, 15) is 9.18 Å². The highest BCUT2D eigenvalue weighted by atomic mass is 35.7. The second kappa shape index (κ2) is 12.3. The smallest absolute Gasteiger partial charge is 0.308 e. The first-order valence-electron chi connectivity index (χ1n) is 13.1. The Kier molecular flexibility index (Phi) is 9.31. The number of aromatic nitrogens is 1. The van der Waals surface area contributed by atoms with Gasteiger partial charge in [0.05, 0.1) is 24.3 Å². The van der Waals surface area contributed by atoms with Crippen molar-refractivity contribution in [3.63, 3.8) is 0 Å². The Balaban J connectivity index is 1.61. The van der Waals surface area contributed by atoms with Gasteiger partial charge in [0.2, 0.25) is 0 Å². The molecule has 1 aromatic heterocycles. The number of carbonyl (C=O) groups excluding carboxylic acids is 1. The van der Waals surface area contributed by atoms with E-state index < -0.39 is 13.3 Å². The summed E-state index contributed by atoms with van der Waals surface area (Å²) in [6.07, 6.45) is 0.876. The van der Waals surface area contributed by atoms with Gasteiger partial charge in [-0.05, 0) is 85.8 Å². The summed E-state index contributed by atoms with van der Waals surface area (Å²) >= 11 is 6.34. The zero-order valence-electron chi connectivity index (χ0n) is 22.6. The van der Waals surface area contributed by atoms with E-state index in [2.05, 4.69) is 36.6 Å². The lowest BCUT2D eigenvalue weighted by molar-refractivity contribution is -0.157. The van der Waals surface area contributed by atoms with Crippen LogP contribution in [0.5, 0.6) is 0 Å². The molecule has 0 aliphatic carbocycles. The fourth-order valence-corrected chi connectivity index (χ4v) is 6.36. The standard InChI is InChI=1S/C30H36ClFNO4P/c1-20(2)27-19-26(21-9-7-6-8-10-21)29(22-11-13-23(32)14-12-22)33(27)16-15-24-17-25(37-38(31)36-24)18-28(34)35-30(3,4)5/h6-14,19-20,24-25H,15-18H2,1-5H3/t24-,25-,38?/m1/s1. The number of rotatable bonds is 8. The quantitative estimate of drug-likeness (QED) is 0.204. The predicted molar refractivity (Wildman–Crippen MR) is 152 cm³/mol. The van der Waals surface area contributed by atoms with Crippen molar-refractivity contribution < 1.29 is 23.0 Å². The predicted octanol–water partition coefficient (Wildman–Crippen LogP) is 8.85. The number of ether oxygens (including phenoxy) is 1. The minimum absolute atomic E-state index is 0.141. The molecular weight excluding hydrogens is 524 g/mol. The topological polar surface area (TPSA) is 49.7 Å². The third-order valence-electron chi connectivity index (χ3n) is 6.40. The minimum Gasteiger partial charge on any atom is -0.460 e. The molecule has 38 heavy (non-hydrogen) atoms. The average Bonchev–Trinajstić information content (AvgIpc) is 3.22. The zero-order chi connectivity index (χ0) is 27.4. The highest BCUT2D eigenvalue weighted by molar-refractivity contribution is 7.76. The van der Waals surface area contributed by atoms with E-state index >= 15 is 0 Å². The highest BCUT2D eigenvalue weighted by Crippen LogP contribution is 2.52. The largest absolute Gasteiger partial charge is 0.460 e. The first-order chi connectivity index (χ1) is 18.0. The molecule has 1 saturated heterocycles. The Morgan fingerprint density at radius 2 is 1.74 bits per heavy atom. The molecule has 1 aliphatic heterocycles. The van der Waals surface area contributed by atoms with Crippen LogP contribution < -0.4 is 0 Å². The normalized spacial score (nSPS) is 20.1. The Bertz CT molecular complexity index is 1220. The Labute approximate surface area is 231 Å². The van der Waals surface area contributed by atoms with Gasteiger partial charge in [-0.15, -0.1) is 0 Å². The Morgan fingerprint density at radius 1 is 1.08 bits per heavy atom. The molecule has 2 aromatic carbocycles. The number of halogens is 2. The van der Waals surface area contributed by atoms with Crippen LogP contribution in [0.15, 0.2) is 60.7 Å². The lowest BCUT2D eigenvalue weighted by Crippen LogP contribution is -2.32. The van der Waals surface area contributed by atoms with E-state index in [0.717, 1.165) is 22.4 Å². The average molecular weight is 560 g/mol. The second-order valence-electron chi connectivity index (χ2n) is 11.0. The van der Waals surface area contributed by atoms with Gasteiger partial charge in [0, 0.05) is 24.2 Å². The number of hydrogen-bond donors (Lipinski definition) is 0. The molecule has 8 heteroatoms. The number of benzene rings is 2. The van der Waals surface area contributed by atoms with Crippen molar-refractivity contribution in [1.82, 2.24) is 4.57 Å². The summed E-state index contributed by atoms with van der Waals surface area (Å²) in [5, 5.41) is 0.